The summed E-state index contributed by atoms with van der Waals surface area (Å²) in [5.74, 6) is -1.12. The zero-order chi connectivity index (χ0) is 20.1. The molecule has 1 atom stereocenters. The number of hydrogen-bond donors (Lipinski definition) is 1. The highest BCUT2D eigenvalue weighted by Crippen LogP contribution is 2.33. The van der Waals surface area contributed by atoms with Crippen LogP contribution in [0.3, 0.4) is 0 Å². The third-order valence-corrected chi connectivity index (χ3v) is 6.02. The van der Waals surface area contributed by atoms with E-state index in [1.54, 1.807) is 37.3 Å². The molecule has 3 aromatic rings. The van der Waals surface area contributed by atoms with E-state index in [1.165, 1.54) is 11.3 Å². The van der Waals surface area contributed by atoms with Crippen molar-refractivity contribution in [2.24, 2.45) is 0 Å². The Hall–Kier alpha value is -2.50. The van der Waals surface area contributed by atoms with Gasteiger partial charge in [-0.25, -0.2) is 4.98 Å². The minimum absolute atomic E-state index is 0.0626. The maximum absolute atomic E-state index is 12.7. The maximum atomic E-state index is 12.7. The van der Waals surface area contributed by atoms with E-state index in [2.05, 4.69) is 4.98 Å². The lowest BCUT2D eigenvalue weighted by Gasteiger charge is -2.28. The van der Waals surface area contributed by atoms with E-state index in [9.17, 15) is 14.7 Å². The number of carboxylic acid groups (broad SMARTS) is 1. The number of Topliss-reactive ketones (excluding diaryl/α,β-unsaturated/α-hetero) is 1. The Morgan fingerprint density at radius 3 is 2.54 bits per heavy atom. The molecule has 1 heterocycles. The van der Waals surface area contributed by atoms with Crippen LogP contribution in [0.5, 0.6) is 0 Å². The summed E-state index contributed by atoms with van der Waals surface area (Å²) < 4.78 is 0. The van der Waals surface area contributed by atoms with Crippen LogP contribution in [-0.4, -0.2) is 21.8 Å². The summed E-state index contributed by atoms with van der Waals surface area (Å²) in [7, 11) is 0. The Morgan fingerprint density at radius 2 is 1.89 bits per heavy atom. The van der Waals surface area contributed by atoms with Gasteiger partial charge >= 0.3 is 5.97 Å². The van der Waals surface area contributed by atoms with E-state index < -0.39 is 11.4 Å². The smallest absolute Gasteiger partial charge is 0.314 e. The van der Waals surface area contributed by atoms with Crippen LogP contribution in [0, 0.1) is 0 Å². The van der Waals surface area contributed by atoms with Crippen molar-refractivity contribution in [3.05, 3.63) is 76.3 Å². The van der Waals surface area contributed by atoms with E-state index in [0.717, 1.165) is 10.6 Å². The van der Waals surface area contributed by atoms with Crippen LogP contribution in [0.25, 0.3) is 10.6 Å². The van der Waals surface area contributed by atoms with E-state index in [0.29, 0.717) is 22.7 Å². The zero-order valence-electron chi connectivity index (χ0n) is 15.4. The lowest BCUT2D eigenvalue weighted by molar-refractivity contribution is -0.146. The van der Waals surface area contributed by atoms with Crippen molar-refractivity contribution in [3.8, 4) is 10.6 Å². The number of ketones is 1. The summed E-state index contributed by atoms with van der Waals surface area (Å²) >= 11 is 7.47. The van der Waals surface area contributed by atoms with Crippen molar-refractivity contribution in [2.75, 3.05) is 0 Å². The normalized spacial score (nSPS) is 13.1. The molecule has 3 rings (SSSR count). The standard InChI is InChI=1S/C22H20ClNO3S/c1-2-22(21(26)27,16-8-4-3-5-9-16)13-19(25)12-18-14-28-20(24-18)15-7-6-10-17(23)11-15/h3-11,14H,2,12-13H2,1H3,(H,26,27). The monoisotopic (exact) mass is 413 g/mol. The first kappa shape index (κ1) is 20.2. The minimum atomic E-state index is -1.22. The van der Waals surface area contributed by atoms with E-state index in [-0.39, 0.29) is 18.6 Å². The van der Waals surface area contributed by atoms with Gasteiger partial charge in [0.1, 0.15) is 10.8 Å². The number of aliphatic carboxylic acids is 1. The fraction of sp³-hybridized carbons (Fsp3) is 0.227. The summed E-state index contributed by atoms with van der Waals surface area (Å²) in [6, 6.07) is 16.4. The molecule has 1 aromatic heterocycles. The molecule has 6 heteroatoms. The number of carbonyl (C=O) groups excluding carboxylic acids is 1. The molecule has 1 unspecified atom stereocenters. The van der Waals surface area contributed by atoms with Crippen molar-refractivity contribution >= 4 is 34.7 Å². The third-order valence-electron chi connectivity index (χ3n) is 4.84. The van der Waals surface area contributed by atoms with Gasteiger partial charge in [-0.2, -0.15) is 0 Å². The first-order valence-electron chi connectivity index (χ1n) is 8.95. The van der Waals surface area contributed by atoms with Crippen molar-refractivity contribution in [1.29, 1.82) is 0 Å². The Bertz CT molecular complexity index is 986. The van der Waals surface area contributed by atoms with Crippen LogP contribution < -0.4 is 0 Å². The Balaban J connectivity index is 1.78. The van der Waals surface area contributed by atoms with Crippen LogP contribution in [0.15, 0.2) is 60.0 Å². The Labute approximate surface area is 172 Å². The maximum Gasteiger partial charge on any atom is 0.314 e. The second-order valence-corrected chi connectivity index (χ2v) is 7.95. The lowest BCUT2D eigenvalue weighted by Crippen LogP contribution is -2.38. The van der Waals surface area contributed by atoms with Gasteiger partial charge in [-0.05, 0) is 24.1 Å². The number of carbonyl (C=O) groups is 2. The molecule has 0 radical (unpaired) electrons. The van der Waals surface area contributed by atoms with E-state index in [1.807, 2.05) is 29.6 Å². The second-order valence-electron chi connectivity index (χ2n) is 6.65. The predicted octanol–water partition coefficient (Wildman–Crippen LogP) is 5.40. The zero-order valence-corrected chi connectivity index (χ0v) is 17.0. The van der Waals surface area contributed by atoms with Crippen LogP contribution in [-0.2, 0) is 21.4 Å². The summed E-state index contributed by atoms with van der Waals surface area (Å²) in [5.41, 5.74) is 0.975. The molecule has 2 aromatic carbocycles. The minimum Gasteiger partial charge on any atom is -0.481 e. The van der Waals surface area contributed by atoms with Gasteiger partial charge in [-0.15, -0.1) is 11.3 Å². The molecule has 0 saturated carbocycles. The molecule has 0 bridgehead atoms. The van der Waals surface area contributed by atoms with Crippen molar-refractivity contribution < 1.29 is 14.7 Å². The number of aromatic nitrogens is 1. The van der Waals surface area contributed by atoms with Crippen LogP contribution in [0.1, 0.15) is 31.0 Å². The number of thiazole rings is 1. The summed E-state index contributed by atoms with van der Waals surface area (Å²) in [5, 5.41) is 13.1. The fourth-order valence-corrected chi connectivity index (χ4v) is 4.29. The van der Waals surface area contributed by atoms with Crippen molar-refractivity contribution in [3.63, 3.8) is 0 Å². The SMILES string of the molecule is CCC(CC(=O)Cc1csc(-c2cccc(Cl)c2)n1)(C(=O)O)c1ccccc1. The van der Waals surface area contributed by atoms with E-state index >= 15 is 0 Å². The number of rotatable bonds is 8. The Kier molecular flexibility index (Phi) is 6.27. The van der Waals surface area contributed by atoms with Gasteiger partial charge in [-0.1, -0.05) is 61.0 Å². The first-order chi connectivity index (χ1) is 13.4. The number of benzene rings is 2. The molecule has 1 N–H and O–H groups in total. The van der Waals surface area contributed by atoms with E-state index in [4.69, 9.17) is 11.6 Å². The highest BCUT2D eigenvalue weighted by Gasteiger charge is 2.40. The Morgan fingerprint density at radius 1 is 1.14 bits per heavy atom. The molecule has 0 amide bonds. The first-order valence-corrected chi connectivity index (χ1v) is 10.2. The number of hydrogen-bond acceptors (Lipinski definition) is 4. The van der Waals surface area contributed by atoms with Gasteiger partial charge in [0, 0.05) is 28.8 Å². The molecule has 0 aliphatic rings. The highest BCUT2D eigenvalue weighted by atomic mass is 35.5. The van der Waals surface area contributed by atoms with Crippen molar-refractivity contribution in [1.82, 2.24) is 4.98 Å². The lowest BCUT2D eigenvalue weighted by atomic mass is 9.74. The van der Waals surface area contributed by atoms with Gasteiger partial charge in [0.05, 0.1) is 11.1 Å². The molecular formula is C22H20ClNO3S. The molecule has 0 fully saturated rings. The molecule has 144 valence electrons. The summed E-state index contributed by atoms with van der Waals surface area (Å²) in [6.45, 7) is 1.80. The molecular weight excluding hydrogens is 394 g/mol. The fourth-order valence-electron chi connectivity index (χ4n) is 3.28. The van der Waals surface area contributed by atoms with Crippen LogP contribution in [0.2, 0.25) is 5.02 Å². The number of halogens is 1. The van der Waals surface area contributed by atoms with Gasteiger partial charge in [0.15, 0.2) is 0 Å². The average Bonchev–Trinajstić information content (AvgIpc) is 3.15. The summed E-state index contributed by atoms with van der Waals surface area (Å²) in [6.07, 6.45) is 0.384. The highest BCUT2D eigenvalue weighted by molar-refractivity contribution is 7.13. The molecule has 0 aliphatic carbocycles. The molecule has 0 saturated heterocycles. The predicted molar refractivity (Wildman–Crippen MR) is 112 cm³/mol. The molecule has 0 spiro atoms. The van der Waals surface area contributed by atoms with Crippen LogP contribution in [0.4, 0.5) is 0 Å². The average molecular weight is 414 g/mol. The second kappa shape index (κ2) is 8.67. The van der Waals surface area contributed by atoms with Gasteiger partial charge < -0.3 is 5.11 Å². The third kappa shape index (κ3) is 4.32. The topological polar surface area (TPSA) is 67.3 Å². The molecule has 4 nitrogen and oxygen atoms in total. The molecule has 0 aliphatic heterocycles. The van der Waals surface area contributed by atoms with Gasteiger partial charge in [0.2, 0.25) is 0 Å². The quantitative estimate of drug-likeness (QED) is 0.537. The van der Waals surface area contributed by atoms with Gasteiger partial charge in [0.25, 0.3) is 0 Å². The summed E-state index contributed by atoms with van der Waals surface area (Å²) in [4.78, 5) is 29.4. The molecule has 28 heavy (non-hydrogen) atoms. The van der Waals surface area contributed by atoms with Gasteiger partial charge in [-0.3, -0.25) is 9.59 Å². The van der Waals surface area contributed by atoms with Crippen molar-refractivity contribution in [2.45, 2.75) is 31.6 Å². The number of nitrogens with zero attached hydrogens (tertiary/aromatic N) is 1. The largest absolute Gasteiger partial charge is 0.481 e. The number of carboxylic acids is 1. The van der Waals surface area contributed by atoms with Crippen LogP contribution >= 0.6 is 22.9 Å².